The minimum atomic E-state index is 0.727. The molecule has 1 heteroatoms. The fourth-order valence-electron chi connectivity index (χ4n) is 1.95. The van der Waals surface area contributed by atoms with Gasteiger partial charge < -0.3 is 4.74 Å². The molecule has 86 valence electrons. The van der Waals surface area contributed by atoms with Crippen molar-refractivity contribution < 1.29 is 4.74 Å². The van der Waals surface area contributed by atoms with Gasteiger partial charge >= 0.3 is 0 Å². The van der Waals surface area contributed by atoms with Gasteiger partial charge in [-0.3, -0.25) is 0 Å². The van der Waals surface area contributed by atoms with E-state index in [0.29, 0.717) is 0 Å². The molecule has 0 aromatic heterocycles. The van der Waals surface area contributed by atoms with Crippen molar-refractivity contribution in [2.75, 3.05) is 7.11 Å². The van der Waals surface area contributed by atoms with Crippen molar-refractivity contribution in [1.29, 1.82) is 0 Å². The highest BCUT2D eigenvalue weighted by molar-refractivity contribution is 5.79. The van der Waals surface area contributed by atoms with E-state index in [2.05, 4.69) is 52.5 Å². The summed E-state index contributed by atoms with van der Waals surface area (Å²) in [5, 5.41) is 0. The number of rotatable bonds is 3. The van der Waals surface area contributed by atoms with Crippen molar-refractivity contribution in [1.82, 2.24) is 0 Å². The Morgan fingerprint density at radius 1 is 1.06 bits per heavy atom. The van der Waals surface area contributed by atoms with Crippen LogP contribution in [0.15, 0.2) is 36.1 Å². The molecule has 0 fully saturated rings. The largest absolute Gasteiger partial charge is 0.497 e. The van der Waals surface area contributed by atoms with Gasteiger partial charge in [-0.05, 0) is 33.3 Å². The van der Waals surface area contributed by atoms with Crippen LogP contribution in [0, 0.1) is 13.8 Å². The van der Waals surface area contributed by atoms with Crippen molar-refractivity contribution in [3.63, 3.8) is 0 Å². The predicted molar refractivity (Wildman–Crippen MR) is 70.3 cm³/mol. The predicted octanol–water partition coefficient (Wildman–Crippen LogP) is 4.26. The Labute approximate surface area is 98.5 Å². The van der Waals surface area contributed by atoms with Gasteiger partial charge in [-0.15, -0.1) is 0 Å². The Morgan fingerprint density at radius 2 is 1.56 bits per heavy atom. The van der Waals surface area contributed by atoms with Crippen LogP contribution in [0.4, 0.5) is 0 Å². The molecule has 0 radical (unpaired) electrons. The molecular weight excluding hydrogens is 196 g/mol. The number of aryl methyl sites for hydroxylation is 2. The molecule has 0 saturated carbocycles. The quantitative estimate of drug-likeness (QED) is 0.542. The van der Waals surface area contributed by atoms with Crippen LogP contribution >= 0.6 is 0 Å². The number of hydrogen-bond acceptors (Lipinski definition) is 1. The lowest BCUT2D eigenvalue weighted by Crippen LogP contribution is -1.95. The first-order chi connectivity index (χ1) is 7.45. The van der Waals surface area contributed by atoms with Crippen LogP contribution in [0.1, 0.15) is 30.5 Å². The molecule has 0 amide bonds. The number of methoxy groups -OCH3 is 1. The van der Waals surface area contributed by atoms with Crippen molar-refractivity contribution in [2.45, 2.75) is 27.7 Å². The highest BCUT2D eigenvalue weighted by atomic mass is 16.5. The van der Waals surface area contributed by atoms with Crippen LogP contribution in [-0.4, -0.2) is 7.11 Å². The van der Waals surface area contributed by atoms with Crippen LogP contribution in [-0.2, 0) is 4.74 Å². The number of benzene rings is 1. The highest BCUT2D eigenvalue weighted by Gasteiger charge is 2.09. The Bertz CT molecular complexity index is 414. The van der Waals surface area contributed by atoms with Crippen molar-refractivity contribution in [3.05, 3.63) is 52.8 Å². The van der Waals surface area contributed by atoms with E-state index in [-0.39, 0.29) is 0 Å². The Morgan fingerprint density at radius 3 is 1.94 bits per heavy atom. The summed E-state index contributed by atoms with van der Waals surface area (Å²) in [6.45, 7) is 12.3. The second-order valence-electron chi connectivity index (χ2n) is 4.38. The average molecular weight is 216 g/mol. The first-order valence-corrected chi connectivity index (χ1v) is 5.45. The third-order valence-corrected chi connectivity index (χ3v) is 2.54. The van der Waals surface area contributed by atoms with Gasteiger partial charge in [0.1, 0.15) is 5.76 Å². The maximum absolute atomic E-state index is 5.26. The molecule has 0 aliphatic carbocycles. The fraction of sp³-hybridized carbons (Fsp3) is 0.333. The summed E-state index contributed by atoms with van der Waals surface area (Å²) in [4.78, 5) is 0. The summed E-state index contributed by atoms with van der Waals surface area (Å²) < 4.78 is 5.26. The maximum Gasteiger partial charge on any atom is 0.119 e. The summed E-state index contributed by atoms with van der Waals surface area (Å²) in [6.07, 6.45) is 0. The molecule has 0 bridgehead atoms. The van der Waals surface area contributed by atoms with Gasteiger partial charge in [0.15, 0.2) is 0 Å². The van der Waals surface area contributed by atoms with E-state index in [1.54, 1.807) is 7.11 Å². The lowest BCUT2D eigenvalue weighted by Gasteiger charge is -2.13. The zero-order valence-electron chi connectivity index (χ0n) is 10.8. The number of hydrogen-bond donors (Lipinski definition) is 0. The van der Waals surface area contributed by atoms with Crippen LogP contribution < -0.4 is 0 Å². The molecule has 16 heavy (non-hydrogen) atoms. The fourth-order valence-corrected chi connectivity index (χ4v) is 1.95. The number of ether oxygens (including phenoxy) is 1. The molecule has 0 aliphatic heterocycles. The van der Waals surface area contributed by atoms with Crippen molar-refractivity contribution in [3.8, 4) is 0 Å². The highest BCUT2D eigenvalue weighted by Crippen LogP contribution is 2.27. The van der Waals surface area contributed by atoms with Gasteiger partial charge in [0, 0.05) is 5.57 Å². The van der Waals surface area contributed by atoms with Gasteiger partial charge in [0.2, 0.25) is 0 Å². The van der Waals surface area contributed by atoms with Gasteiger partial charge in [-0.25, -0.2) is 0 Å². The van der Waals surface area contributed by atoms with Crippen molar-refractivity contribution >= 4 is 5.57 Å². The lowest BCUT2D eigenvalue weighted by molar-refractivity contribution is 0.312. The second kappa shape index (κ2) is 5.02. The third-order valence-electron chi connectivity index (χ3n) is 2.54. The summed E-state index contributed by atoms with van der Waals surface area (Å²) in [5.41, 5.74) is 6.03. The van der Waals surface area contributed by atoms with E-state index in [9.17, 15) is 0 Å². The number of allylic oxidation sites excluding steroid dienone is 2. The molecule has 0 saturated heterocycles. The first kappa shape index (κ1) is 12.6. The standard InChI is InChI=1S/C15H20O/c1-10(2)15(13(5)16-6)14-8-11(3)7-12(4)9-14/h7-9H,5H2,1-4,6H3. The van der Waals surface area contributed by atoms with E-state index < -0.39 is 0 Å². The van der Waals surface area contributed by atoms with E-state index in [0.717, 1.165) is 11.3 Å². The van der Waals surface area contributed by atoms with E-state index in [1.165, 1.54) is 22.3 Å². The zero-order chi connectivity index (χ0) is 12.3. The molecule has 0 aliphatic rings. The molecule has 1 rings (SSSR count). The third kappa shape index (κ3) is 2.75. The minimum Gasteiger partial charge on any atom is -0.497 e. The van der Waals surface area contributed by atoms with Crippen LogP contribution in [0.3, 0.4) is 0 Å². The normalized spacial score (nSPS) is 9.81. The molecule has 1 aromatic carbocycles. The van der Waals surface area contributed by atoms with Gasteiger partial charge in [-0.1, -0.05) is 41.5 Å². The molecule has 0 atom stereocenters. The molecule has 0 spiro atoms. The molecule has 0 unspecified atom stereocenters. The SMILES string of the molecule is C=C(OC)C(=C(C)C)c1cc(C)cc(C)c1. The monoisotopic (exact) mass is 216 g/mol. The van der Waals surface area contributed by atoms with Crippen LogP contribution in [0.5, 0.6) is 0 Å². The molecule has 1 nitrogen and oxygen atoms in total. The first-order valence-electron chi connectivity index (χ1n) is 5.45. The molecule has 0 N–H and O–H groups in total. The molecule has 0 heterocycles. The van der Waals surface area contributed by atoms with Gasteiger partial charge in [0.25, 0.3) is 0 Å². The average Bonchev–Trinajstić information content (AvgIpc) is 2.15. The lowest BCUT2D eigenvalue weighted by atomic mass is 9.96. The summed E-state index contributed by atoms with van der Waals surface area (Å²) >= 11 is 0. The van der Waals surface area contributed by atoms with Gasteiger partial charge in [-0.2, -0.15) is 0 Å². The smallest absolute Gasteiger partial charge is 0.119 e. The van der Waals surface area contributed by atoms with E-state index >= 15 is 0 Å². The van der Waals surface area contributed by atoms with E-state index in [1.807, 2.05) is 0 Å². The zero-order valence-corrected chi connectivity index (χ0v) is 10.8. The molecule has 1 aromatic rings. The van der Waals surface area contributed by atoms with Gasteiger partial charge in [0.05, 0.1) is 7.11 Å². The second-order valence-corrected chi connectivity index (χ2v) is 4.38. The Balaban J connectivity index is 3.34. The van der Waals surface area contributed by atoms with E-state index in [4.69, 9.17) is 4.74 Å². The maximum atomic E-state index is 5.26. The summed E-state index contributed by atoms with van der Waals surface area (Å²) in [6, 6.07) is 6.50. The van der Waals surface area contributed by atoms with Crippen molar-refractivity contribution in [2.24, 2.45) is 0 Å². The molecular formula is C15H20O. The van der Waals surface area contributed by atoms with Crippen LogP contribution in [0.25, 0.3) is 5.57 Å². The topological polar surface area (TPSA) is 9.23 Å². The summed E-state index contributed by atoms with van der Waals surface area (Å²) in [7, 11) is 1.66. The minimum absolute atomic E-state index is 0.727. The Kier molecular flexibility index (Phi) is 3.94. The Hall–Kier alpha value is -1.50. The van der Waals surface area contributed by atoms with Crippen LogP contribution in [0.2, 0.25) is 0 Å². The summed E-state index contributed by atoms with van der Waals surface area (Å²) in [5.74, 6) is 0.727.